The molecule has 3 rings (SSSR count). The Morgan fingerprint density at radius 3 is 2.41 bits per heavy atom. The van der Waals surface area contributed by atoms with Gasteiger partial charge in [0.25, 0.3) is 0 Å². The number of esters is 1. The van der Waals surface area contributed by atoms with Crippen LogP contribution in [0.5, 0.6) is 5.88 Å². The predicted octanol–water partition coefficient (Wildman–Crippen LogP) is 3.44. The summed E-state index contributed by atoms with van der Waals surface area (Å²) in [5.74, 6) is -0.330. The van der Waals surface area contributed by atoms with Crippen LogP contribution in [0.2, 0.25) is 0 Å². The standard InChI is InChI=1S/C23H22N2O4/c1-16(26)29-22(12-17-6-4-3-5-7-17)21(27)14-19-13-20(15-25-23(19)28-2)18-8-10-24-11-9-18/h3-11,13,15,22H,12,14H2,1-2H3/t22-/m1/s1. The SMILES string of the molecule is COc1ncc(-c2ccncc2)cc1CC(=O)[C@@H](Cc1ccccc1)OC(C)=O. The first-order valence-electron chi connectivity index (χ1n) is 9.24. The highest BCUT2D eigenvalue weighted by atomic mass is 16.5. The fourth-order valence-electron chi connectivity index (χ4n) is 3.06. The lowest BCUT2D eigenvalue weighted by Crippen LogP contribution is -2.30. The van der Waals surface area contributed by atoms with Crippen molar-refractivity contribution < 1.29 is 19.1 Å². The molecule has 0 unspecified atom stereocenters. The van der Waals surface area contributed by atoms with E-state index < -0.39 is 12.1 Å². The summed E-state index contributed by atoms with van der Waals surface area (Å²) < 4.78 is 10.7. The molecular weight excluding hydrogens is 368 g/mol. The minimum Gasteiger partial charge on any atom is -0.481 e. The Morgan fingerprint density at radius 2 is 1.76 bits per heavy atom. The van der Waals surface area contributed by atoms with Gasteiger partial charge in [-0.2, -0.15) is 0 Å². The van der Waals surface area contributed by atoms with Crippen molar-refractivity contribution in [1.82, 2.24) is 9.97 Å². The summed E-state index contributed by atoms with van der Waals surface area (Å²) in [7, 11) is 1.51. The molecule has 6 nitrogen and oxygen atoms in total. The highest BCUT2D eigenvalue weighted by Crippen LogP contribution is 2.25. The minimum absolute atomic E-state index is 0.0415. The summed E-state index contributed by atoms with van der Waals surface area (Å²) in [5, 5.41) is 0. The number of carbonyl (C=O) groups is 2. The number of ketones is 1. The Kier molecular flexibility index (Phi) is 6.68. The largest absolute Gasteiger partial charge is 0.481 e. The molecule has 0 aliphatic rings. The van der Waals surface area contributed by atoms with Gasteiger partial charge in [-0.3, -0.25) is 14.6 Å². The second-order valence-corrected chi connectivity index (χ2v) is 6.56. The molecule has 148 valence electrons. The number of ether oxygens (including phenoxy) is 2. The normalized spacial score (nSPS) is 11.5. The molecule has 0 N–H and O–H groups in total. The molecule has 0 saturated heterocycles. The van der Waals surface area contributed by atoms with Crippen molar-refractivity contribution in [3.05, 3.63) is 78.2 Å². The van der Waals surface area contributed by atoms with Gasteiger partial charge in [-0.05, 0) is 29.3 Å². The quantitative estimate of drug-likeness (QED) is 0.548. The lowest BCUT2D eigenvalue weighted by Gasteiger charge is -2.17. The van der Waals surface area contributed by atoms with Gasteiger partial charge in [-0.25, -0.2) is 4.98 Å². The van der Waals surface area contributed by atoms with Crippen molar-refractivity contribution in [3.8, 4) is 17.0 Å². The zero-order chi connectivity index (χ0) is 20.6. The van der Waals surface area contributed by atoms with Crippen molar-refractivity contribution >= 4 is 11.8 Å². The Bertz CT molecular complexity index is 975. The van der Waals surface area contributed by atoms with Gasteiger partial charge in [-0.15, -0.1) is 0 Å². The van der Waals surface area contributed by atoms with Crippen LogP contribution in [0, 0.1) is 0 Å². The van der Waals surface area contributed by atoms with Gasteiger partial charge >= 0.3 is 5.97 Å². The van der Waals surface area contributed by atoms with Crippen molar-refractivity contribution in [1.29, 1.82) is 0 Å². The summed E-state index contributed by atoms with van der Waals surface area (Å²) in [6.07, 6.45) is 4.57. The molecule has 0 aliphatic carbocycles. The molecule has 3 aromatic rings. The summed E-state index contributed by atoms with van der Waals surface area (Å²) in [6, 6.07) is 15.1. The Hall–Kier alpha value is -3.54. The number of benzene rings is 1. The molecule has 0 spiro atoms. The number of rotatable bonds is 8. The van der Waals surface area contributed by atoms with E-state index in [9.17, 15) is 9.59 Å². The van der Waals surface area contributed by atoms with Gasteiger partial charge in [-0.1, -0.05) is 30.3 Å². The number of hydrogen-bond acceptors (Lipinski definition) is 6. The molecule has 0 aliphatic heterocycles. The summed E-state index contributed by atoms with van der Waals surface area (Å²) in [4.78, 5) is 32.9. The molecule has 2 aromatic heterocycles. The number of nitrogens with zero attached hydrogens (tertiary/aromatic N) is 2. The van der Waals surface area contributed by atoms with Crippen LogP contribution in [-0.4, -0.2) is 34.9 Å². The van der Waals surface area contributed by atoms with E-state index in [0.29, 0.717) is 17.9 Å². The molecule has 0 radical (unpaired) electrons. The smallest absolute Gasteiger partial charge is 0.303 e. The molecule has 6 heteroatoms. The lowest BCUT2D eigenvalue weighted by molar-refractivity contribution is -0.152. The van der Waals surface area contributed by atoms with E-state index in [0.717, 1.165) is 16.7 Å². The van der Waals surface area contributed by atoms with Gasteiger partial charge in [0.2, 0.25) is 5.88 Å². The predicted molar refractivity (Wildman–Crippen MR) is 108 cm³/mol. The maximum atomic E-state index is 13.0. The van der Waals surface area contributed by atoms with Gasteiger partial charge < -0.3 is 9.47 Å². The Labute approximate surface area is 169 Å². The number of Topliss-reactive ketones (excluding diaryl/α,β-unsaturated/α-hetero) is 1. The van der Waals surface area contributed by atoms with Crippen LogP contribution in [-0.2, 0) is 27.2 Å². The first-order chi connectivity index (χ1) is 14.1. The first-order valence-corrected chi connectivity index (χ1v) is 9.24. The van der Waals surface area contributed by atoms with E-state index >= 15 is 0 Å². The molecule has 1 aromatic carbocycles. The fourth-order valence-corrected chi connectivity index (χ4v) is 3.06. The highest BCUT2D eigenvalue weighted by molar-refractivity contribution is 5.88. The minimum atomic E-state index is -0.871. The van der Waals surface area contributed by atoms with Crippen LogP contribution in [0.4, 0.5) is 0 Å². The van der Waals surface area contributed by atoms with Crippen LogP contribution >= 0.6 is 0 Å². The van der Waals surface area contributed by atoms with E-state index in [2.05, 4.69) is 9.97 Å². The van der Waals surface area contributed by atoms with Crippen LogP contribution in [0.1, 0.15) is 18.1 Å². The van der Waals surface area contributed by atoms with E-state index in [1.165, 1.54) is 14.0 Å². The van der Waals surface area contributed by atoms with Crippen LogP contribution in [0.15, 0.2) is 67.1 Å². The van der Waals surface area contributed by atoms with Crippen molar-refractivity contribution in [2.45, 2.75) is 25.9 Å². The van der Waals surface area contributed by atoms with Gasteiger partial charge in [0.15, 0.2) is 11.9 Å². The van der Waals surface area contributed by atoms with Crippen LogP contribution < -0.4 is 4.74 Å². The van der Waals surface area contributed by atoms with Crippen molar-refractivity contribution in [2.24, 2.45) is 0 Å². The number of pyridine rings is 2. The van der Waals surface area contributed by atoms with Crippen LogP contribution in [0.3, 0.4) is 0 Å². The van der Waals surface area contributed by atoms with E-state index in [4.69, 9.17) is 9.47 Å². The molecule has 2 heterocycles. The summed E-state index contributed by atoms with van der Waals surface area (Å²) >= 11 is 0. The maximum Gasteiger partial charge on any atom is 0.303 e. The Morgan fingerprint density at radius 1 is 1.03 bits per heavy atom. The Balaban J connectivity index is 1.85. The maximum absolute atomic E-state index is 13.0. The summed E-state index contributed by atoms with van der Waals surface area (Å²) in [5.41, 5.74) is 3.34. The third-order valence-corrected chi connectivity index (χ3v) is 4.43. The second kappa shape index (κ2) is 9.59. The third-order valence-electron chi connectivity index (χ3n) is 4.43. The molecule has 0 bridgehead atoms. The van der Waals surface area contributed by atoms with Gasteiger partial charge in [0, 0.05) is 49.5 Å². The summed E-state index contributed by atoms with van der Waals surface area (Å²) in [6.45, 7) is 1.30. The zero-order valence-corrected chi connectivity index (χ0v) is 16.4. The molecule has 0 fully saturated rings. The zero-order valence-electron chi connectivity index (χ0n) is 16.4. The highest BCUT2D eigenvalue weighted by Gasteiger charge is 2.24. The molecule has 29 heavy (non-hydrogen) atoms. The molecular formula is C23H22N2O4. The first kappa shape index (κ1) is 20.2. The topological polar surface area (TPSA) is 78.4 Å². The van der Waals surface area contributed by atoms with Gasteiger partial charge in [0.05, 0.1) is 7.11 Å². The van der Waals surface area contributed by atoms with E-state index in [1.807, 2.05) is 48.5 Å². The molecule has 0 amide bonds. The van der Waals surface area contributed by atoms with Crippen LogP contribution in [0.25, 0.3) is 11.1 Å². The number of aromatic nitrogens is 2. The third kappa shape index (κ3) is 5.48. The van der Waals surface area contributed by atoms with E-state index in [1.54, 1.807) is 18.6 Å². The fraction of sp³-hybridized carbons (Fsp3) is 0.217. The monoisotopic (exact) mass is 390 g/mol. The lowest BCUT2D eigenvalue weighted by atomic mass is 9.98. The molecule has 1 atom stereocenters. The van der Waals surface area contributed by atoms with Crippen molar-refractivity contribution in [2.75, 3.05) is 7.11 Å². The average molecular weight is 390 g/mol. The molecule has 0 saturated carbocycles. The number of methoxy groups -OCH3 is 1. The van der Waals surface area contributed by atoms with Crippen molar-refractivity contribution in [3.63, 3.8) is 0 Å². The van der Waals surface area contributed by atoms with E-state index in [-0.39, 0.29) is 12.2 Å². The number of hydrogen-bond donors (Lipinski definition) is 0. The van der Waals surface area contributed by atoms with Gasteiger partial charge in [0.1, 0.15) is 0 Å². The number of carbonyl (C=O) groups excluding carboxylic acids is 2. The second-order valence-electron chi connectivity index (χ2n) is 6.56. The average Bonchev–Trinajstić information content (AvgIpc) is 2.74.